The maximum Gasteiger partial charge on any atom is 0.271 e. The van der Waals surface area contributed by atoms with E-state index in [9.17, 15) is 4.79 Å². The van der Waals surface area contributed by atoms with Crippen LogP contribution in [0.5, 0.6) is 0 Å². The van der Waals surface area contributed by atoms with Gasteiger partial charge in [-0.3, -0.25) is 9.78 Å². The summed E-state index contributed by atoms with van der Waals surface area (Å²) in [5.74, 6) is 0.719. The van der Waals surface area contributed by atoms with Crippen LogP contribution >= 0.6 is 0 Å². The van der Waals surface area contributed by atoms with Gasteiger partial charge in [-0.2, -0.15) is 5.10 Å². The molecule has 0 atom stereocenters. The van der Waals surface area contributed by atoms with Crippen molar-refractivity contribution >= 4 is 12.2 Å². The molecule has 0 unspecified atom stereocenters. The Kier molecular flexibility index (Phi) is 4.02. The smallest absolute Gasteiger partial charge is 0.271 e. The third-order valence-electron chi connectivity index (χ3n) is 2.56. The Bertz CT molecular complexity index is 615. The van der Waals surface area contributed by atoms with Gasteiger partial charge in [0.1, 0.15) is 6.20 Å². The highest BCUT2D eigenvalue weighted by Gasteiger charge is 1.97. The van der Waals surface area contributed by atoms with Crippen molar-refractivity contribution < 1.29 is 0 Å². The number of aromatic amines is 1. The molecule has 0 saturated heterocycles. The fourth-order valence-electron chi connectivity index (χ4n) is 1.50. The summed E-state index contributed by atoms with van der Waals surface area (Å²) in [6, 6.07) is 8.10. The Balaban J connectivity index is 2.01. The molecule has 1 aromatic heterocycles. The standard InChI is InChI=1S/C13H15N5O/c1-9(2)11-5-3-10(4-6-11)7-14-17-13-16-12(19)8-15-18-13/h3-9H,1-2H3,(H2,16,17,18,19). The number of H-pyrrole nitrogens is 1. The van der Waals surface area contributed by atoms with Gasteiger partial charge >= 0.3 is 0 Å². The molecule has 0 spiro atoms. The zero-order valence-electron chi connectivity index (χ0n) is 10.8. The van der Waals surface area contributed by atoms with Gasteiger partial charge < -0.3 is 0 Å². The SMILES string of the molecule is CC(C)c1ccc(C=NNc2nncc(=O)[nH]2)cc1. The number of hydrogen-bond donors (Lipinski definition) is 2. The average molecular weight is 257 g/mol. The molecule has 0 saturated carbocycles. The third-order valence-corrected chi connectivity index (χ3v) is 2.56. The van der Waals surface area contributed by atoms with E-state index in [1.165, 1.54) is 5.56 Å². The van der Waals surface area contributed by atoms with Crippen LogP contribution in [0.4, 0.5) is 5.95 Å². The lowest BCUT2D eigenvalue weighted by atomic mass is 10.0. The quantitative estimate of drug-likeness (QED) is 0.645. The van der Waals surface area contributed by atoms with Gasteiger partial charge in [0.15, 0.2) is 0 Å². The van der Waals surface area contributed by atoms with E-state index in [4.69, 9.17) is 0 Å². The van der Waals surface area contributed by atoms with Crippen LogP contribution in [0.15, 0.2) is 40.4 Å². The lowest BCUT2D eigenvalue weighted by Crippen LogP contribution is -2.10. The molecule has 1 aromatic carbocycles. The van der Waals surface area contributed by atoms with Crippen molar-refractivity contribution in [2.75, 3.05) is 5.43 Å². The zero-order valence-corrected chi connectivity index (χ0v) is 10.8. The van der Waals surface area contributed by atoms with Gasteiger partial charge in [-0.25, -0.2) is 5.43 Å². The molecular weight excluding hydrogens is 242 g/mol. The summed E-state index contributed by atoms with van der Waals surface area (Å²) in [6.07, 6.45) is 2.75. The van der Waals surface area contributed by atoms with Crippen LogP contribution in [0.3, 0.4) is 0 Å². The van der Waals surface area contributed by atoms with Gasteiger partial charge in [0.05, 0.1) is 6.21 Å². The second-order valence-corrected chi connectivity index (χ2v) is 4.37. The van der Waals surface area contributed by atoms with Crippen LogP contribution in [0.1, 0.15) is 30.9 Å². The highest BCUT2D eigenvalue weighted by atomic mass is 16.1. The van der Waals surface area contributed by atoms with E-state index in [0.29, 0.717) is 5.92 Å². The summed E-state index contributed by atoms with van der Waals surface area (Å²) >= 11 is 0. The minimum atomic E-state index is -0.325. The summed E-state index contributed by atoms with van der Waals surface area (Å²) in [5.41, 5.74) is 4.53. The predicted octanol–water partition coefficient (Wildman–Crippen LogP) is 1.73. The van der Waals surface area contributed by atoms with Crippen molar-refractivity contribution in [2.45, 2.75) is 19.8 Å². The maximum absolute atomic E-state index is 11.0. The van der Waals surface area contributed by atoms with E-state index in [1.807, 2.05) is 12.1 Å². The average Bonchev–Trinajstić information content (AvgIpc) is 2.39. The number of benzene rings is 1. The highest BCUT2D eigenvalue weighted by molar-refractivity contribution is 5.80. The number of rotatable bonds is 4. The molecule has 0 amide bonds. The van der Waals surface area contributed by atoms with E-state index in [-0.39, 0.29) is 11.5 Å². The van der Waals surface area contributed by atoms with Crippen molar-refractivity contribution in [2.24, 2.45) is 5.10 Å². The van der Waals surface area contributed by atoms with Gasteiger partial charge in [-0.15, -0.1) is 10.2 Å². The number of nitrogens with zero attached hydrogens (tertiary/aromatic N) is 3. The monoisotopic (exact) mass is 257 g/mol. The van der Waals surface area contributed by atoms with Crippen molar-refractivity contribution in [3.63, 3.8) is 0 Å². The van der Waals surface area contributed by atoms with Gasteiger partial charge in [0.2, 0.25) is 5.95 Å². The van der Waals surface area contributed by atoms with E-state index < -0.39 is 0 Å². The number of hydrazone groups is 1. The molecule has 0 aliphatic carbocycles. The first-order chi connectivity index (χ1) is 9.15. The van der Waals surface area contributed by atoms with E-state index in [2.05, 4.69) is 51.7 Å². The molecule has 0 bridgehead atoms. The van der Waals surface area contributed by atoms with Gasteiger partial charge in [-0.05, 0) is 17.0 Å². The second kappa shape index (κ2) is 5.90. The summed E-state index contributed by atoms with van der Waals surface area (Å²) in [4.78, 5) is 13.4. The zero-order chi connectivity index (χ0) is 13.7. The second-order valence-electron chi connectivity index (χ2n) is 4.37. The van der Waals surface area contributed by atoms with Crippen LogP contribution in [0.2, 0.25) is 0 Å². The Morgan fingerprint density at radius 1 is 1.32 bits per heavy atom. The van der Waals surface area contributed by atoms with Gasteiger partial charge in [-0.1, -0.05) is 38.1 Å². The Morgan fingerprint density at radius 2 is 2.05 bits per heavy atom. The minimum Gasteiger partial charge on any atom is -0.289 e. The number of nitrogens with one attached hydrogen (secondary N) is 2. The molecular formula is C13H15N5O. The number of anilines is 1. The first-order valence-electron chi connectivity index (χ1n) is 5.96. The molecule has 1 heterocycles. The van der Waals surface area contributed by atoms with Crippen molar-refractivity contribution in [1.29, 1.82) is 0 Å². The highest BCUT2D eigenvalue weighted by Crippen LogP contribution is 2.13. The van der Waals surface area contributed by atoms with Crippen LogP contribution in [0.25, 0.3) is 0 Å². The predicted molar refractivity (Wildman–Crippen MR) is 74.4 cm³/mol. The Morgan fingerprint density at radius 3 is 2.68 bits per heavy atom. The fourth-order valence-corrected chi connectivity index (χ4v) is 1.50. The fraction of sp³-hybridized carbons (Fsp3) is 0.231. The molecule has 2 rings (SSSR count). The molecule has 0 fully saturated rings. The minimum absolute atomic E-state index is 0.211. The normalized spacial score (nSPS) is 11.1. The van der Waals surface area contributed by atoms with Crippen molar-refractivity contribution in [1.82, 2.24) is 15.2 Å². The topological polar surface area (TPSA) is 83.0 Å². The molecule has 0 aliphatic rings. The summed E-state index contributed by atoms with van der Waals surface area (Å²) in [5, 5.41) is 11.2. The van der Waals surface area contributed by atoms with Gasteiger partial charge in [0, 0.05) is 0 Å². The molecule has 98 valence electrons. The molecule has 2 aromatic rings. The van der Waals surface area contributed by atoms with Crippen LogP contribution < -0.4 is 11.0 Å². The first-order valence-corrected chi connectivity index (χ1v) is 5.96. The molecule has 6 heteroatoms. The molecule has 2 N–H and O–H groups in total. The van der Waals surface area contributed by atoms with Crippen LogP contribution in [-0.2, 0) is 0 Å². The molecule has 0 aliphatic heterocycles. The summed E-state index contributed by atoms with van der Waals surface area (Å²) in [7, 11) is 0. The largest absolute Gasteiger partial charge is 0.289 e. The van der Waals surface area contributed by atoms with Crippen molar-refractivity contribution in [3.8, 4) is 0 Å². The van der Waals surface area contributed by atoms with Crippen molar-refractivity contribution in [3.05, 3.63) is 51.9 Å². The summed E-state index contributed by atoms with van der Waals surface area (Å²) < 4.78 is 0. The molecule has 0 radical (unpaired) electrons. The number of hydrogen-bond acceptors (Lipinski definition) is 5. The first kappa shape index (κ1) is 12.9. The Hall–Kier alpha value is -2.50. The van der Waals surface area contributed by atoms with E-state index in [1.54, 1.807) is 6.21 Å². The van der Waals surface area contributed by atoms with Gasteiger partial charge in [0.25, 0.3) is 5.56 Å². The lowest BCUT2D eigenvalue weighted by Gasteiger charge is -2.04. The van der Waals surface area contributed by atoms with Crippen LogP contribution in [-0.4, -0.2) is 21.4 Å². The van der Waals surface area contributed by atoms with E-state index in [0.717, 1.165) is 11.8 Å². The van der Waals surface area contributed by atoms with E-state index >= 15 is 0 Å². The lowest BCUT2D eigenvalue weighted by molar-refractivity contribution is 0.866. The molecule has 19 heavy (non-hydrogen) atoms. The molecule has 6 nitrogen and oxygen atoms in total. The number of aromatic nitrogens is 3. The maximum atomic E-state index is 11.0. The van der Waals surface area contributed by atoms with Crippen LogP contribution in [0, 0.1) is 0 Å². The Labute approximate surface area is 110 Å². The third kappa shape index (κ3) is 3.74. The summed E-state index contributed by atoms with van der Waals surface area (Å²) in [6.45, 7) is 4.30.